The third-order valence-corrected chi connectivity index (χ3v) is 5.14. The minimum atomic E-state index is -0.172. The number of thioether (sulfide) groups is 2. The first-order chi connectivity index (χ1) is 11.2. The Hall–Kier alpha value is -1.46. The monoisotopic (exact) mass is 349 g/mol. The zero-order chi connectivity index (χ0) is 16.5. The van der Waals surface area contributed by atoms with Crippen LogP contribution >= 0.6 is 23.5 Å². The lowest BCUT2D eigenvalue weighted by atomic mass is 10.2. The Bertz CT molecular complexity index is 648. The van der Waals surface area contributed by atoms with Crippen molar-refractivity contribution in [2.24, 2.45) is 0 Å². The first-order valence-corrected chi connectivity index (χ1v) is 9.67. The lowest BCUT2D eigenvalue weighted by Crippen LogP contribution is -2.26. The third kappa shape index (κ3) is 5.59. The minimum Gasteiger partial charge on any atom is -0.351 e. The van der Waals surface area contributed by atoms with Crippen LogP contribution < -0.4 is 5.32 Å². The summed E-state index contributed by atoms with van der Waals surface area (Å²) >= 11 is 3.28. The number of rotatable bonds is 8. The lowest BCUT2D eigenvalue weighted by molar-refractivity contribution is 0.0953. The zero-order valence-corrected chi connectivity index (χ0v) is 14.7. The fourth-order valence-corrected chi connectivity index (χ4v) is 3.71. The molecule has 0 aliphatic heterocycles. The first kappa shape index (κ1) is 17.9. The van der Waals surface area contributed by atoms with Crippen molar-refractivity contribution in [3.8, 4) is 0 Å². The summed E-state index contributed by atoms with van der Waals surface area (Å²) in [7, 11) is 0. The number of amides is 1. The number of hydrogen-bond acceptors (Lipinski definition) is 3. The molecule has 1 amide bonds. The van der Waals surface area contributed by atoms with Crippen molar-refractivity contribution in [2.75, 3.05) is 18.1 Å². The maximum atomic E-state index is 13.5. The summed E-state index contributed by atoms with van der Waals surface area (Å²) in [6.07, 6.45) is 0. The van der Waals surface area contributed by atoms with Crippen LogP contribution in [-0.2, 0) is 5.75 Å². The van der Waals surface area contributed by atoms with Crippen LogP contribution in [0.4, 0.5) is 4.39 Å². The molecule has 0 saturated heterocycles. The van der Waals surface area contributed by atoms with Gasteiger partial charge in [-0.1, -0.05) is 37.3 Å². The van der Waals surface area contributed by atoms with Crippen LogP contribution in [-0.4, -0.2) is 24.0 Å². The number of hydrogen-bond donors (Lipinski definition) is 1. The Labute approximate surface area is 145 Å². The lowest BCUT2D eigenvalue weighted by Gasteiger charge is -2.09. The summed E-state index contributed by atoms with van der Waals surface area (Å²) in [6.45, 7) is 2.64. The molecule has 0 aliphatic rings. The van der Waals surface area contributed by atoms with Crippen LogP contribution in [0.15, 0.2) is 53.4 Å². The third-order valence-electron chi connectivity index (χ3n) is 3.18. The van der Waals surface area contributed by atoms with Crippen LogP contribution in [0.5, 0.6) is 0 Å². The van der Waals surface area contributed by atoms with Gasteiger partial charge in [-0.25, -0.2) is 4.39 Å². The molecule has 2 aromatic rings. The molecule has 2 aromatic carbocycles. The van der Waals surface area contributed by atoms with Gasteiger partial charge in [0.1, 0.15) is 5.82 Å². The van der Waals surface area contributed by atoms with Gasteiger partial charge in [0, 0.05) is 22.9 Å². The van der Waals surface area contributed by atoms with E-state index in [2.05, 4.69) is 12.2 Å². The molecule has 2 rings (SSSR count). The van der Waals surface area contributed by atoms with Gasteiger partial charge in [-0.05, 0) is 29.5 Å². The predicted molar refractivity (Wildman–Crippen MR) is 97.7 cm³/mol. The second-order valence-corrected chi connectivity index (χ2v) is 7.24. The molecular formula is C18H20FNOS2. The molecular weight excluding hydrogens is 329 g/mol. The largest absolute Gasteiger partial charge is 0.351 e. The minimum absolute atomic E-state index is 0.0481. The fraction of sp³-hybridized carbons (Fsp3) is 0.278. The Kier molecular flexibility index (Phi) is 7.49. The first-order valence-electron chi connectivity index (χ1n) is 7.53. The van der Waals surface area contributed by atoms with E-state index in [0.717, 1.165) is 22.0 Å². The van der Waals surface area contributed by atoms with Crippen LogP contribution in [0, 0.1) is 5.82 Å². The van der Waals surface area contributed by atoms with Crippen molar-refractivity contribution in [3.05, 3.63) is 65.5 Å². The number of nitrogens with one attached hydrogen (secondary N) is 1. The van der Waals surface area contributed by atoms with Gasteiger partial charge >= 0.3 is 0 Å². The number of benzene rings is 2. The van der Waals surface area contributed by atoms with Gasteiger partial charge in [0.2, 0.25) is 0 Å². The maximum Gasteiger partial charge on any atom is 0.252 e. The van der Waals surface area contributed by atoms with E-state index in [9.17, 15) is 9.18 Å². The van der Waals surface area contributed by atoms with Crippen LogP contribution in [0.3, 0.4) is 0 Å². The molecule has 0 spiro atoms. The Balaban J connectivity index is 1.76. The highest BCUT2D eigenvalue weighted by Gasteiger charge is 2.10. The Morgan fingerprint density at radius 3 is 2.65 bits per heavy atom. The van der Waals surface area contributed by atoms with Crippen molar-refractivity contribution in [1.29, 1.82) is 0 Å². The number of carbonyl (C=O) groups is 1. The molecule has 0 aromatic heterocycles. The second kappa shape index (κ2) is 9.63. The van der Waals surface area contributed by atoms with Gasteiger partial charge in [-0.3, -0.25) is 4.79 Å². The summed E-state index contributed by atoms with van der Waals surface area (Å²) in [5.41, 5.74) is 1.42. The van der Waals surface area contributed by atoms with Crippen LogP contribution in [0.25, 0.3) is 0 Å². The standard InChI is InChI=1S/C18H20FNOS2/c1-2-23-17-10-6-4-8-15(17)18(21)20-11-12-22-13-14-7-3-5-9-16(14)19/h3-10H,2,11-13H2,1H3,(H,20,21). The van der Waals surface area contributed by atoms with E-state index >= 15 is 0 Å². The molecule has 0 aliphatic carbocycles. The summed E-state index contributed by atoms with van der Waals surface area (Å²) < 4.78 is 13.5. The van der Waals surface area contributed by atoms with E-state index in [1.165, 1.54) is 6.07 Å². The molecule has 0 atom stereocenters. The molecule has 5 heteroatoms. The van der Waals surface area contributed by atoms with Gasteiger partial charge in [0.15, 0.2) is 0 Å². The highest BCUT2D eigenvalue weighted by Crippen LogP contribution is 2.22. The summed E-state index contributed by atoms with van der Waals surface area (Å²) in [5, 5.41) is 2.93. The topological polar surface area (TPSA) is 29.1 Å². The fourth-order valence-electron chi connectivity index (χ4n) is 2.07. The average Bonchev–Trinajstić information content (AvgIpc) is 2.57. The van der Waals surface area contributed by atoms with E-state index in [1.807, 2.05) is 30.3 Å². The summed E-state index contributed by atoms with van der Waals surface area (Å²) in [6, 6.07) is 14.4. The van der Waals surface area contributed by atoms with Crippen LogP contribution in [0.2, 0.25) is 0 Å². The van der Waals surface area contributed by atoms with E-state index < -0.39 is 0 Å². The van der Waals surface area contributed by atoms with Gasteiger partial charge in [0.05, 0.1) is 5.56 Å². The van der Waals surface area contributed by atoms with Gasteiger partial charge in [0.25, 0.3) is 5.91 Å². The quantitative estimate of drug-likeness (QED) is 0.558. The molecule has 0 radical (unpaired) electrons. The molecule has 0 fully saturated rings. The molecule has 122 valence electrons. The van der Waals surface area contributed by atoms with Crippen molar-refractivity contribution in [2.45, 2.75) is 17.6 Å². The SMILES string of the molecule is CCSc1ccccc1C(=O)NCCSCc1ccccc1F. The highest BCUT2D eigenvalue weighted by atomic mass is 32.2. The second-order valence-electron chi connectivity index (χ2n) is 4.83. The van der Waals surface area contributed by atoms with Crippen molar-refractivity contribution >= 4 is 29.4 Å². The van der Waals surface area contributed by atoms with Gasteiger partial charge in [-0.15, -0.1) is 11.8 Å². The molecule has 0 saturated carbocycles. The predicted octanol–water partition coefficient (Wildman–Crippen LogP) is 4.60. The highest BCUT2D eigenvalue weighted by molar-refractivity contribution is 7.99. The van der Waals surface area contributed by atoms with E-state index in [-0.39, 0.29) is 11.7 Å². The smallest absolute Gasteiger partial charge is 0.252 e. The Morgan fingerprint density at radius 2 is 1.87 bits per heavy atom. The molecule has 1 N–H and O–H groups in total. The van der Waals surface area contributed by atoms with Crippen molar-refractivity contribution in [3.63, 3.8) is 0 Å². The molecule has 2 nitrogen and oxygen atoms in total. The number of halogens is 1. The molecule has 0 heterocycles. The molecule has 0 bridgehead atoms. The van der Waals surface area contributed by atoms with Gasteiger partial charge in [-0.2, -0.15) is 11.8 Å². The van der Waals surface area contributed by atoms with Crippen molar-refractivity contribution < 1.29 is 9.18 Å². The molecule has 23 heavy (non-hydrogen) atoms. The Morgan fingerprint density at radius 1 is 1.13 bits per heavy atom. The maximum absolute atomic E-state index is 13.5. The van der Waals surface area contributed by atoms with Crippen molar-refractivity contribution in [1.82, 2.24) is 5.32 Å². The summed E-state index contributed by atoms with van der Waals surface area (Å²) in [4.78, 5) is 13.2. The van der Waals surface area contributed by atoms with E-state index in [4.69, 9.17) is 0 Å². The zero-order valence-electron chi connectivity index (χ0n) is 13.0. The normalized spacial score (nSPS) is 10.5. The molecule has 0 unspecified atom stereocenters. The van der Waals surface area contributed by atoms with E-state index in [0.29, 0.717) is 17.9 Å². The van der Waals surface area contributed by atoms with Crippen LogP contribution in [0.1, 0.15) is 22.8 Å². The summed E-state index contributed by atoms with van der Waals surface area (Å²) in [5.74, 6) is 2.08. The number of carbonyl (C=O) groups excluding carboxylic acids is 1. The average molecular weight is 349 g/mol. The van der Waals surface area contributed by atoms with E-state index in [1.54, 1.807) is 35.7 Å². The van der Waals surface area contributed by atoms with Gasteiger partial charge < -0.3 is 5.32 Å².